The van der Waals surface area contributed by atoms with Gasteiger partial charge < -0.3 is 0 Å². The zero-order valence-corrected chi connectivity index (χ0v) is 19.7. The molecule has 0 radical (unpaired) electrons. The van der Waals surface area contributed by atoms with E-state index in [0.717, 1.165) is 13.7 Å². The number of rotatable bonds is 6. The highest BCUT2D eigenvalue weighted by Crippen LogP contribution is 2.31. The number of carbonyl (C=O) groups is 2. The van der Waals surface area contributed by atoms with Crippen molar-refractivity contribution in [1.29, 1.82) is 0 Å². The smallest absolute Gasteiger partial charge is 0.252 e. The summed E-state index contributed by atoms with van der Waals surface area (Å²) >= 11 is 9.24. The normalized spacial score (nSPS) is 16.7. The molecule has 7 nitrogen and oxygen atoms in total. The van der Waals surface area contributed by atoms with Crippen molar-refractivity contribution in [1.82, 2.24) is 9.29 Å². The summed E-state index contributed by atoms with van der Waals surface area (Å²) in [7, 11) is -4.13. The predicted molar refractivity (Wildman–Crippen MR) is 123 cm³/mol. The van der Waals surface area contributed by atoms with Crippen molar-refractivity contribution in [3.05, 3.63) is 88.1 Å². The molecule has 3 aromatic rings. The zero-order valence-electron chi connectivity index (χ0n) is 16.6. The lowest BCUT2D eigenvalue weighted by Gasteiger charge is -2.27. The number of benzene rings is 2. The maximum Gasteiger partial charge on any atom is 0.252 e. The third-order valence-corrected chi connectivity index (χ3v) is 7.69. The monoisotopic (exact) mass is 533 g/mol. The summed E-state index contributed by atoms with van der Waals surface area (Å²) in [4.78, 5) is 31.1. The summed E-state index contributed by atoms with van der Waals surface area (Å²) in [5.74, 6) is -1.07. The van der Waals surface area contributed by atoms with E-state index in [4.69, 9.17) is 11.6 Å². The summed E-state index contributed by atoms with van der Waals surface area (Å²) in [6.45, 7) is -0.114. The SMILES string of the molecule is O=C1CC(N(Cc2cccnc2)S(=O)(=O)c2ccc(Cl)cc2)C(=O)N1c1ccc(Br)cc1. The quantitative estimate of drug-likeness (QED) is 0.446. The standard InChI is InChI=1S/C22H17BrClN3O4S/c23-16-3-7-18(8-4-16)27-21(28)12-20(22(27)29)26(14-15-2-1-11-25-13-15)32(30,31)19-9-5-17(24)6-10-19/h1-11,13,20H,12,14H2. The molecular weight excluding hydrogens is 518 g/mol. The fourth-order valence-corrected chi connectivity index (χ4v) is 5.44. The van der Waals surface area contributed by atoms with Gasteiger partial charge in [0.15, 0.2) is 0 Å². The van der Waals surface area contributed by atoms with Crippen LogP contribution >= 0.6 is 27.5 Å². The van der Waals surface area contributed by atoms with E-state index in [2.05, 4.69) is 20.9 Å². The summed E-state index contributed by atoms with van der Waals surface area (Å²) in [5.41, 5.74) is 0.975. The van der Waals surface area contributed by atoms with Gasteiger partial charge in [0.25, 0.3) is 5.91 Å². The van der Waals surface area contributed by atoms with Crippen LogP contribution < -0.4 is 4.90 Å². The van der Waals surface area contributed by atoms with Gasteiger partial charge in [0, 0.05) is 28.4 Å². The maximum absolute atomic E-state index is 13.5. The number of sulfonamides is 1. The minimum atomic E-state index is -4.13. The minimum absolute atomic E-state index is 0.0202. The van der Waals surface area contributed by atoms with Crippen molar-refractivity contribution in [2.24, 2.45) is 0 Å². The molecule has 4 rings (SSSR count). The molecule has 1 aliphatic rings. The Balaban J connectivity index is 1.74. The third kappa shape index (κ3) is 4.47. The number of halogens is 2. The van der Waals surface area contributed by atoms with E-state index in [0.29, 0.717) is 16.3 Å². The molecule has 1 unspecified atom stereocenters. The van der Waals surface area contributed by atoms with E-state index in [1.165, 1.54) is 30.5 Å². The zero-order chi connectivity index (χ0) is 22.9. The molecule has 1 atom stereocenters. The second kappa shape index (κ2) is 9.11. The van der Waals surface area contributed by atoms with Crippen molar-refractivity contribution in [2.45, 2.75) is 23.9 Å². The summed E-state index contributed by atoms with van der Waals surface area (Å²) < 4.78 is 29.0. The molecule has 0 saturated carbocycles. The van der Waals surface area contributed by atoms with Crippen LogP contribution in [0.5, 0.6) is 0 Å². The van der Waals surface area contributed by atoms with Gasteiger partial charge in [0.2, 0.25) is 15.9 Å². The molecular formula is C22H17BrClN3O4S. The topological polar surface area (TPSA) is 87.6 Å². The molecule has 10 heteroatoms. The van der Waals surface area contributed by atoms with Gasteiger partial charge in [-0.1, -0.05) is 33.6 Å². The Kier molecular flexibility index (Phi) is 6.43. The van der Waals surface area contributed by atoms with Crippen LogP contribution in [0.1, 0.15) is 12.0 Å². The molecule has 2 heterocycles. The van der Waals surface area contributed by atoms with E-state index in [-0.39, 0.29) is 17.9 Å². The molecule has 0 bridgehead atoms. The number of nitrogens with zero attached hydrogens (tertiary/aromatic N) is 3. The Morgan fingerprint density at radius 1 is 1.06 bits per heavy atom. The molecule has 32 heavy (non-hydrogen) atoms. The number of aromatic nitrogens is 1. The van der Waals surface area contributed by atoms with E-state index in [1.807, 2.05) is 0 Å². The molecule has 1 aliphatic heterocycles. The number of pyridine rings is 1. The van der Waals surface area contributed by atoms with Gasteiger partial charge in [-0.3, -0.25) is 14.6 Å². The lowest BCUT2D eigenvalue weighted by molar-refractivity contribution is -0.122. The van der Waals surface area contributed by atoms with Crippen molar-refractivity contribution >= 4 is 55.1 Å². The molecule has 1 fully saturated rings. The first-order chi connectivity index (χ1) is 15.3. The number of hydrogen-bond donors (Lipinski definition) is 0. The van der Waals surface area contributed by atoms with Crippen LogP contribution in [0.25, 0.3) is 0 Å². The van der Waals surface area contributed by atoms with Crippen LogP contribution in [0.15, 0.2) is 82.4 Å². The summed E-state index contributed by atoms with van der Waals surface area (Å²) in [6.07, 6.45) is 2.83. The van der Waals surface area contributed by atoms with Crippen molar-refractivity contribution in [3.63, 3.8) is 0 Å². The highest BCUT2D eigenvalue weighted by molar-refractivity contribution is 9.10. The van der Waals surface area contributed by atoms with Crippen molar-refractivity contribution < 1.29 is 18.0 Å². The second-order valence-corrected chi connectivity index (χ2v) is 10.4. The molecule has 164 valence electrons. The molecule has 0 spiro atoms. The van der Waals surface area contributed by atoms with Crippen LogP contribution in [0.2, 0.25) is 5.02 Å². The van der Waals surface area contributed by atoms with Gasteiger partial charge in [0.1, 0.15) is 6.04 Å². The highest BCUT2D eigenvalue weighted by atomic mass is 79.9. The van der Waals surface area contributed by atoms with Crippen LogP contribution in [-0.2, 0) is 26.2 Å². The fourth-order valence-electron chi connectivity index (χ4n) is 3.48. The Morgan fingerprint density at radius 3 is 2.38 bits per heavy atom. The fraction of sp³-hybridized carbons (Fsp3) is 0.136. The Hall–Kier alpha value is -2.59. The lowest BCUT2D eigenvalue weighted by atomic mass is 10.2. The number of carbonyl (C=O) groups excluding carboxylic acids is 2. The summed E-state index contributed by atoms with van der Waals surface area (Å²) in [5, 5.41) is 0.385. The van der Waals surface area contributed by atoms with Crippen molar-refractivity contribution in [3.8, 4) is 0 Å². The first kappa shape index (κ1) is 22.6. The van der Waals surface area contributed by atoms with E-state index < -0.39 is 27.9 Å². The summed E-state index contributed by atoms with van der Waals surface area (Å²) in [6, 6.07) is 14.6. The number of anilines is 1. The van der Waals surface area contributed by atoms with Gasteiger partial charge in [-0.25, -0.2) is 13.3 Å². The lowest BCUT2D eigenvalue weighted by Crippen LogP contribution is -2.45. The minimum Gasteiger partial charge on any atom is -0.274 e. The van der Waals surface area contributed by atoms with Crippen molar-refractivity contribution in [2.75, 3.05) is 4.90 Å². The van der Waals surface area contributed by atoms with Gasteiger partial charge in [-0.2, -0.15) is 4.31 Å². The highest BCUT2D eigenvalue weighted by Gasteiger charge is 2.47. The first-order valence-corrected chi connectivity index (χ1v) is 12.2. The number of amides is 2. The van der Waals surface area contributed by atoms with Gasteiger partial charge in [0.05, 0.1) is 17.0 Å². The average Bonchev–Trinajstić information content (AvgIpc) is 3.07. The molecule has 2 aromatic carbocycles. The van der Waals surface area contributed by atoms with Crippen LogP contribution in [0, 0.1) is 0 Å². The largest absolute Gasteiger partial charge is 0.274 e. The molecule has 2 amide bonds. The molecule has 0 N–H and O–H groups in total. The van der Waals surface area contributed by atoms with Gasteiger partial charge in [-0.05, 0) is 60.2 Å². The molecule has 1 saturated heterocycles. The Labute approximate surface area is 198 Å². The van der Waals surface area contributed by atoms with Gasteiger partial charge in [-0.15, -0.1) is 0 Å². The van der Waals surface area contributed by atoms with Crippen LogP contribution in [0.4, 0.5) is 5.69 Å². The third-order valence-electron chi connectivity index (χ3n) is 5.04. The first-order valence-electron chi connectivity index (χ1n) is 9.56. The Bertz CT molecular complexity index is 1250. The van der Waals surface area contributed by atoms with Gasteiger partial charge >= 0.3 is 0 Å². The van der Waals surface area contributed by atoms with Crippen LogP contribution in [-0.4, -0.2) is 35.6 Å². The number of imide groups is 1. The number of hydrogen-bond acceptors (Lipinski definition) is 5. The predicted octanol–water partition coefficient (Wildman–Crippen LogP) is 4.02. The molecule has 1 aromatic heterocycles. The van der Waals surface area contributed by atoms with E-state index in [1.54, 1.807) is 42.6 Å². The average molecular weight is 535 g/mol. The van der Waals surface area contributed by atoms with E-state index >= 15 is 0 Å². The molecule has 0 aliphatic carbocycles. The van der Waals surface area contributed by atoms with E-state index in [9.17, 15) is 18.0 Å². The van der Waals surface area contributed by atoms with Crippen LogP contribution in [0.3, 0.4) is 0 Å². The second-order valence-electron chi connectivity index (χ2n) is 7.13. The maximum atomic E-state index is 13.5. The Morgan fingerprint density at radius 2 is 1.75 bits per heavy atom.